The molecular weight excluding hydrogens is 292 g/mol. The zero-order valence-electron chi connectivity index (χ0n) is 12.8. The maximum absolute atomic E-state index is 9.22. The third-order valence-electron chi connectivity index (χ3n) is 4.64. The molecule has 3 heterocycles. The molecule has 1 atom stereocenters. The van der Waals surface area contributed by atoms with E-state index >= 15 is 0 Å². The molecule has 4 nitrogen and oxygen atoms in total. The van der Waals surface area contributed by atoms with E-state index in [-0.39, 0.29) is 0 Å². The van der Waals surface area contributed by atoms with Gasteiger partial charge in [-0.05, 0) is 56.2 Å². The van der Waals surface area contributed by atoms with Crippen LogP contribution in [0.15, 0.2) is 40.1 Å². The number of fused-ring (bicyclic) bond motifs is 1. The molecule has 22 heavy (non-hydrogen) atoms. The van der Waals surface area contributed by atoms with Gasteiger partial charge >= 0.3 is 0 Å². The minimum absolute atomic E-state index is 0.560. The molecule has 4 rings (SSSR count). The van der Waals surface area contributed by atoms with E-state index in [4.69, 9.17) is 4.99 Å². The Kier molecular flexibility index (Phi) is 3.17. The summed E-state index contributed by atoms with van der Waals surface area (Å²) >= 11 is 1.58. The molecule has 0 N–H and O–H groups in total. The Bertz CT molecular complexity index is 745. The van der Waals surface area contributed by atoms with Crippen LogP contribution in [0, 0.1) is 17.2 Å². The second-order valence-electron chi connectivity index (χ2n) is 6.13. The summed E-state index contributed by atoms with van der Waals surface area (Å²) in [4.78, 5) is 5.77. The Hall–Kier alpha value is -1.90. The molecular formula is C17H18N4S. The number of allylic oxidation sites excluding steroid dienone is 2. The predicted octanol–water partition coefficient (Wildman–Crippen LogP) is 3.50. The fourth-order valence-electron chi connectivity index (χ4n) is 3.25. The van der Waals surface area contributed by atoms with Gasteiger partial charge in [-0.1, -0.05) is 0 Å². The first kappa shape index (κ1) is 13.7. The number of aliphatic imine (C=N–C) groups is 1. The average molecular weight is 310 g/mol. The monoisotopic (exact) mass is 310 g/mol. The van der Waals surface area contributed by atoms with E-state index in [2.05, 4.69) is 42.1 Å². The SMILES string of the molecule is CC1=CC(c2sccc2C#N)=NC2=CCN([C@@H](C)C3CC3)N12. The van der Waals surface area contributed by atoms with Crippen LogP contribution in [-0.2, 0) is 0 Å². The van der Waals surface area contributed by atoms with Crippen molar-refractivity contribution in [2.75, 3.05) is 6.54 Å². The first-order valence-corrected chi connectivity index (χ1v) is 8.59. The second kappa shape index (κ2) is 5.08. The van der Waals surface area contributed by atoms with Gasteiger partial charge in [-0.25, -0.2) is 10.0 Å². The van der Waals surface area contributed by atoms with Gasteiger partial charge in [-0.15, -0.1) is 11.3 Å². The van der Waals surface area contributed by atoms with Gasteiger partial charge < -0.3 is 0 Å². The van der Waals surface area contributed by atoms with E-state index in [1.807, 2.05) is 11.4 Å². The van der Waals surface area contributed by atoms with Gasteiger partial charge in [-0.3, -0.25) is 5.01 Å². The molecule has 0 radical (unpaired) electrons. The molecule has 112 valence electrons. The van der Waals surface area contributed by atoms with E-state index in [1.165, 1.54) is 18.5 Å². The molecule has 1 saturated carbocycles. The van der Waals surface area contributed by atoms with Crippen LogP contribution in [0.5, 0.6) is 0 Å². The lowest BCUT2D eigenvalue weighted by Crippen LogP contribution is -2.44. The summed E-state index contributed by atoms with van der Waals surface area (Å²) < 4.78 is 0. The van der Waals surface area contributed by atoms with Gasteiger partial charge in [0.1, 0.15) is 11.9 Å². The van der Waals surface area contributed by atoms with E-state index in [0.29, 0.717) is 11.6 Å². The van der Waals surface area contributed by atoms with Crippen molar-refractivity contribution in [1.82, 2.24) is 10.0 Å². The molecule has 0 amide bonds. The summed E-state index contributed by atoms with van der Waals surface area (Å²) in [5.74, 6) is 1.83. The summed E-state index contributed by atoms with van der Waals surface area (Å²) in [6.07, 6.45) is 6.98. The van der Waals surface area contributed by atoms with Crippen LogP contribution < -0.4 is 0 Å². The number of thiophene rings is 1. The Morgan fingerprint density at radius 2 is 2.27 bits per heavy atom. The van der Waals surface area contributed by atoms with Gasteiger partial charge in [-0.2, -0.15) is 5.26 Å². The highest BCUT2D eigenvalue weighted by Crippen LogP contribution is 2.39. The van der Waals surface area contributed by atoms with Crippen LogP contribution in [0.3, 0.4) is 0 Å². The lowest BCUT2D eigenvalue weighted by atomic mass is 10.1. The first-order valence-electron chi connectivity index (χ1n) is 7.71. The van der Waals surface area contributed by atoms with Crippen molar-refractivity contribution in [2.45, 2.75) is 32.7 Å². The summed E-state index contributed by atoms with van der Waals surface area (Å²) in [6.45, 7) is 5.36. The maximum Gasteiger partial charge on any atom is 0.145 e. The first-order chi connectivity index (χ1) is 10.7. The van der Waals surface area contributed by atoms with Crippen LogP contribution >= 0.6 is 11.3 Å². The highest BCUT2D eigenvalue weighted by Gasteiger charge is 2.38. The van der Waals surface area contributed by atoms with E-state index in [1.54, 1.807) is 11.3 Å². The van der Waals surface area contributed by atoms with Gasteiger partial charge in [0.25, 0.3) is 0 Å². The third kappa shape index (κ3) is 2.11. The molecule has 1 fully saturated rings. The summed E-state index contributed by atoms with van der Waals surface area (Å²) in [7, 11) is 0. The third-order valence-corrected chi connectivity index (χ3v) is 5.58. The molecule has 2 aliphatic heterocycles. The largest absolute Gasteiger partial charge is 0.261 e. The fraction of sp³-hybridized carbons (Fsp3) is 0.412. The van der Waals surface area contributed by atoms with Gasteiger partial charge in [0.15, 0.2) is 0 Å². The standard InChI is InChI=1S/C17H18N4S/c1-11-9-15(17-14(10-18)6-8-22-17)19-16-5-7-20(21(11)16)12(2)13-3-4-13/h5-6,8-9,12-13H,3-4,7H2,1-2H3/t12-/m0/s1. The predicted molar refractivity (Wildman–Crippen MR) is 88.1 cm³/mol. The topological polar surface area (TPSA) is 42.6 Å². The molecule has 3 aliphatic rings. The molecule has 0 saturated heterocycles. The molecule has 5 heteroatoms. The van der Waals surface area contributed by atoms with E-state index < -0.39 is 0 Å². The summed E-state index contributed by atoms with van der Waals surface area (Å²) in [6, 6.07) is 4.68. The minimum atomic E-state index is 0.560. The van der Waals surface area contributed by atoms with Crippen molar-refractivity contribution in [3.63, 3.8) is 0 Å². The van der Waals surface area contributed by atoms with Crippen LogP contribution in [0.4, 0.5) is 0 Å². The zero-order chi connectivity index (χ0) is 15.3. The van der Waals surface area contributed by atoms with Gasteiger partial charge in [0.2, 0.25) is 0 Å². The van der Waals surface area contributed by atoms with Crippen LogP contribution in [-0.4, -0.2) is 28.3 Å². The number of nitriles is 1. The van der Waals surface area contributed by atoms with Crippen molar-refractivity contribution in [3.05, 3.63) is 45.6 Å². The van der Waals surface area contributed by atoms with Gasteiger partial charge in [0.05, 0.1) is 16.2 Å². The molecule has 1 aromatic heterocycles. The van der Waals surface area contributed by atoms with E-state index in [0.717, 1.165) is 28.9 Å². The molecule has 0 spiro atoms. The lowest BCUT2D eigenvalue weighted by Gasteiger charge is -2.37. The number of hydrogen-bond donors (Lipinski definition) is 0. The molecule has 1 aliphatic carbocycles. The smallest absolute Gasteiger partial charge is 0.145 e. The van der Waals surface area contributed by atoms with Crippen molar-refractivity contribution in [3.8, 4) is 6.07 Å². The fourth-order valence-corrected chi connectivity index (χ4v) is 4.05. The molecule has 0 aromatic carbocycles. The molecule has 0 unspecified atom stereocenters. The number of hydrogen-bond acceptors (Lipinski definition) is 5. The normalized spacial score (nSPS) is 22.6. The lowest BCUT2D eigenvalue weighted by molar-refractivity contribution is 0.0236. The van der Waals surface area contributed by atoms with Crippen LogP contribution in [0.25, 0.3) is 0 Å². The zero-order valence-corrected chi connectivity index (χ0v) is 13.6. The van der Waals surface area contributed by atoms with Crippen LogP contribution in [0.2, 0.25) is 0 Å². The van der Waals surface area contributed by atoms with Crippen molar-refractivity contribution >= 4 is 17.0 Å². The summed E-state index contributed by atoms with van der Waals surface area (Å²) in [5, 5.41) is 15.8. The number of nitrogens with zero attached hydrogens (tertiary/aromatic N) is 4. The van der Waals surface area contributed by atoms with Crippen molar-refractivity contribution in [2.24, 2.45) is 10.9 Å². The second-order valence-corrected chi connectivity index (χ2v) is 7.05. The highest BCUT2D eigenvalue weighted by molar-refractivity contribution is 7.12. The summed E-state index contributed by atoms with van der Waals surface area (Å²) in [5.41, 5.74) is 2.80. The maximum atomic E-state index is 9.22. The van der Waals surface area contributed by atoms with Crippen molar-refractivity contribution < 1.29 is 0 Å². The molecule has 1 aromatic rings. The Morgan fingerprint density at radius 3 is 3.00 bits per heavy atom. The Balaban J connectivity index is 1.66. The highest BCUT2D eigenvalue weighted by atomic mass is 32.1. The van der Waals surface area contributed by atoms with Gasteiger partial charge in [0, 0.05) is 18.3 Å². The van der Waals surface area contributed by atoms with E-state index in [9.17, 15) is 5.26 Å². The van der Waals surface area contributed by atoms with Crippen LogP contribution in [0.1, 0.15) is 37.1 Å². The van der Waals surface area contributed by atoms with Crippen molar-refractivity contribution in [1.29, 1.82) is 5.26 Å². The number of rotatable bonds is 3. The minimum Gasteiger partial charge on any atom is -0.261 e. The molecule has 0 bridgehead atoms. The Labute approximate surface area is 134 Å². The quantitative estimate of drug-likeness (QED) is 0.858. The number of hydrazine groups is 1. The average Bonchev–Trinajstić information content (AvgIpc) is 3.10. The Morgan fingerprint density at radius 1 is 1.45 bits per heavy atom.